The molecule has 33 heavy (non-hydrogen) atoms. The number of rotatable bonds is 6. The first-order valence-corrected chi connectivity index (χ1v) is 11.3. The molecule has 1 aromatic carbocycles. The number of pyridine rings is 2. The average molecular weight is 454 g/mol. The highest BCUT2D eigenvalue weighted by Gasteiger charge is 2.43. The summed E-state index contributed by atoms with van der Waals surface area (Å²) in [6, 6.07) is 7.54. The summed E-state index contributed by atoms with van der Waals surface area (Å²) in [6.07, 6.45) is 1.40. The zero-order chi connectivity index (χ0) is 24.7. The van der Waals surface area contributed by atoms with Gasteiger partial charge in [-0.25, -0.2) is 4.79 Å². The molecule has 0 aliphatic rings. The molecule has 1 N–H and O–H groups in total. The summed E-state index contributed by atoms with van der Waals surface area (Å²) in [7, 11) is 1.75. The van der Waals surface area contributed by atoms with Crippen LogP contribution in [-0.4, -0.2) is 43.3 Å². The molecule has 0 spiro atoms. The minimum Gasteiger partial charge on any atom is -0.491 e. The first-order valence-electron chi connectivity index (χ1n) is 11.3. The SMILES string of the molecule is Cc1nccc2c1c(=O)n(C)c1cc(OCC(C)(CC(C)C)N(C(=O)O)C(C)(C)C)ccc21. The Labute approximate surface area is 195 Å². The lowest BCUT2D eigenvalue weighted by molar-refractivity contribution is -0.0108. The summed E-state index contributed by atoms with van der Waals surface area (Å²) in [6.45, 7) is 13.8. The quantitative estimate of drug-likeness (QED) is 0.508. The Hall–Kier alpha value is -3.09. The van der Waals surface area contributed by atoms with Crippen LogP contribution in [0.15, 0.2) is 35.3 Å². The third kappa shape index (κ3) is 4.68. The van der Waals surface area contributed by atoms with Crippen LogP contribution < -0.4 is 10.3 Å². The van der Waals surface area contributed by atoms with Crippen molar-refractivity contribution in [1.29, 1.82) is 0 Å². The van der Waals surface area contributed by atoms with E-state index in [1.165, 1.54) is 4.90 Å². The van der Waals surface area contributed by atoms with Crippen LogP contribution in [0.1, 0.15) is 53.7 Å². The fourth-order valence-electron chi connectivity index (χ4n) is 5.11. The number of aromatic nitrogens is 2. The molecule has 7 nitrogen and oxygen atoms in total. The third-order valence-electron chi connectivity index (χ3n) is 6.08. The highest BCUT2D eigenvalue weighted by Crippen LogP contribution is 2.33. The van der Waals surface area contributed by atoms with Gasteiger partial charge in [0.2, 0.25) is 0 Å². The van der Waals surface area contributed by atoms with Crippen LogP contribution in [0.3, 0.4) is 0 Å². The third-order valence-corrected chi connectivity index (χ3v) is 6.08. The molecule has 2 heterocycles. The first kappa shape index (κ1) is 24.6. The monoisotopic (exact) mass is 453 g/mol. The topological polar surface area (TPSA) is 84.7 Å². The number of amides is 1. The van der Waals surface area contributed by atoms with Crippen LogP contribution >= 0.6 is 0 Å². The van der Waals surface area contributed by atoms with Gasteiger partial charge in [0.25, 0.3) is 5.56 Å². The Morgan fingerprint density at radius 3 is 2.42 bits per heavy atom. The smallest absolute Gasteiger partial charge is 0.408 e. The van der Waals surface area contributed by atoms with Crippen molar-refractivity contribution in [3.63, 3.8) is 0 Å². The summed E-state index contributed by atoms with van der Waals surface area (Å²) in [4.78, 5) is 31.0. The van der Waals surface area contributed by atoms with E-state index in [1.54, 1.807) is 17.8 Å². The van der Waals surface area contributed by atoms with E-state index in [0.29, 0.717) is 23.3 Å². The van der Waals surface area contributed by atoms with Gasteiger partial charge in [-0.2, -0.15) is 0 Å². The largest absolute Gasteiger partial charge is 0.491 e. The lowest BCUT2D eigenvalue weighted by Crippen LogP contribution is -2.61. The molecule has 0 saturated heterocycles. The highest BCUT2D eigenvalue weighted by molar-refractivity contribution is 6.06. The number of nitrogens with zero attached hydrogens (tertiary/aromatic N) is 3. The van der Waals surface area contributed by atoms with Gasteiger partial charge in [0.15, 0.2) is 0 Å². The molecule has 0 bridgehead atoms. The van der Waals surface area contributed by atoms with E-state index in [1.807, 2.05) is 58.9 Å². The van der Waals surface area contributed by atoms with Gasteiger partial charge in [-0.05, 0) is 70.5 Å². The maximum Gasteiger partial charge on any atom is 0.408 e. The zero-order valence-corrected chi connectivity index (χ0v) is 20.9. The van der Waals surface area contributed by atoms with E-state index in [9.17, 15) is 14.7 Å². The fourth-order valence-corrected chi connectivity index (χ4v) is 5.11. The van der Waals surface area contributed by atoms with Crippen molar-refractivity contribution in [2.75, 3.05) is 6.61 Å². The van der Waals surface area contributed by atoms with Crippen molar-refractivity contribution >= 4 is 27.8 Å². The predicted molar refractivity (Wildman–Crippen MR) is 132 cm³/mol. The Morgan fingerprint density at radius 1 is 1.18 bits per heavy atom. The minimum atomic E-state index is -0.967. The number of aryl methyl sites for hydroxylation is 2. The number of fused-ring (bicyclic) bond motifs is 3. The van der Waals surface area contributed by atoms with Crippen molar-refractivity contribution in [2.24, 2.45) is 13.0 Å². The van der Waals surface area contributed by atoms with E-state index in [0.717, 1.165) is 16.3 Å². The predicted octanol–water partition coefficient (Wildman–Crippen LogP) is 5.36. The van der Waals surface area contributed by atoms with Crippen LogP contribution in [0.5, 0.6) is 5.75 Å². The van der Waals surface area contributed by atoms with Crippen LogP contribution in [0.2, 0.25) is 0 Å². The molecular weight excluding hydrogens is 418 g/mol. The average Bonchev–Trinajstić information content (AvgIpc) is 2.68. The molecule has 3 rings (SSSR count). The zero-order valence-electron chi connectivity index (χ0n) is 20.9. The van der Waals surface area contributed by atoms with E-state index < -0.39 is 17.2 Å². The normalized spacial score (nSPS) is 14.0. The fraction of sp³-hybridized carbons (Fsp3) is 0.500. The van der Waals surface area contributed by atoms with Crippen LogP contribution in [0.25, 0.3) is 21.7 Å². The van der Waals surface area contributed by atoms with Crippen LogP contribution in [-0.2, 0) is 7.05 Å². The number of benzene rings is 1. The molecule has 0 aliphatic carbocycles. The number of ether oxygens (including phenoxy) is 1. The minimum absolute atomic E-state index is 0.102. The second-order valence-electron chi connectivity index (χ2n) is 10.5. The van der Waals surface area contributed by atoms with Crippen molar-refractivity contribution in [1.82, 2.24) is 14.5 Å². The second kappa shape index (κ2) is 8.69. The maximum absolute atomic E-state index is 13.0. The molecule has 0 fully saturated rings. The van der Waals surface area contributed by atoms with Gasteiger partial charge in [-0.15, -0.1) is 0 Å². The first-order chi connectivity index (χ1) is 15.3. The Bertz CT molecular complexity index is 1260. The molecular formula is C26H35N3O4. The summed E-state index contributed by atoms with van der Waals surface area (Å²) in [5, 5.41) is 12.4. The molecule has 3 aromatic rings. The Morgan fingerprint density at radius 2 is 1.85 bits per heavy atom. The number of carboxylic acid groups (broad SMARTS) is 1. The standard InChI is InChI=1S/C26H35N3O4/c1-16(2)14-26(7,29(24(31)32)25(4,5)6)15-33-18-9-10-19-20-11-12-27-17(3)22(20)23(30)28(8)21(19)13-18/h9-13,16H,14-15H2,1-8H3,(H,31,32). The lowest BCUT2D eigenvalue weighted by Gasteiger charge is -2.47. The van der Waals surface area contributed by atoms with Crippen LogP contribution in [0, 0.1) is 12.8 Å². The summed E-state index contributed by atoms with van der Waals surface area (Å²) >= 11 is 0. The summed E-state index contributed by atoms with van der Waals surface area (Å²) < 4.78 is 7.82. The summed E-state index contributed by atoms with van der Waals surface area (Å²) in [5.41, 5.74) is 0.0415. The molecule has 178 valence electrons. The number of hydrogen-bond donors (Lipinski definition) is 1. The molecule has 0 saturated carbocycles. The van der Waals surface area contributed by atoms with Gasteiger partial charge in [0.05, 0.1) is 22.1 Å². The van der Waals surface area contributed by atoms with Gasteiger partial charge >= 0.3 is 6.09 Å². The van der Waals surface area contributed by atoms with Crippen molar-refractivity contribution < 1.29 is 14.6 Å². The number of hydrogen-bond acceptors (Lipinski definition) is 4. The van der Waals surface area contributed by atoms with E-state index in [4.69, 9.17) is 4.74 Å². The van der Waals surface area contributed by atoms with Gasteiger partial charge in [0, 0.05) is 30.2 Å². The van der Waals surface area contributed by atoms with Crippen molar-refractivity contribution in [3.8, 4) is 5.75 Å². The maximum atomic E-state index is 13.0. The lowest BCUT2D eigenvalue weighted by atomic mass is 9.86. The van der Waals surface area contributed by atoms with Gasteiger partial charge in [0.1, 0.15) is 12.4 Å². The molecule has 2 aromatic heterocycles. The molecule has 7 heteroatoms. The van der Waals surface area contributed by atoms with Crippen LogP contribution in [0.4, 0.5) is 4.79 Å². The second-order valence-corrected chi connectivity index (χ2v) is 10.5. The Kier molecular flexibility index (Phi) is 6.46. The van der Waals surface area contributed by atoms with E-state index in [2.05, 4.69) is 18.8 Å². The van der Waals surface area contributed by atoms with Gasteiger partial charge in [-0.1, -0.05) is 13.8 Å². The Balaban J connectivity index is 2.04. The molecule has 1 unspecified atom stereocenters. The molecule has 1 amide bonds. The molecule has 0 aliphatic heterocycles. The van der Waals surface area contributed by atoms with Crippen molar-refractivity contribution in [3.05, 3.63) is 46.5 Å². The highest BCUT2D eigenvalue weighted by atomic mass is 16.5. The molecule has 0 radical (unpaired) electrons. The van der Waals surface area contributed by atoms with Gasteiger partial charge < -0.3 is 14.4 Å². The van der Waals surface area contributed by atoms with E-state index >= 15 is 0 Å². The summed E-state index contributed by atoms with van der Waals surface area (Å²) in [5.74, 6) is 0.875. The molecule has 1 atom stereocenters. The van der Waals surface area contributed by atoms with Crippen molar-refractivity contribution in [2.45, 2.75) is 66.0 Å². The number of carbonyl (C=O) groups is 1. The van der Waals surface area contributed by atoms with E-state index in [-0.39, 0.29) is 18.1 Å². The van der Waals surface area contributed by atoms with Gasteiger partial charge in [-0.3, -0.25) is 14.7 Å².